The fourth-order valence-corrected chi connectivity index (χ4v) is 4.25. The van der Waals surface area contributed by atoms with E-state index in [2.05, 4.69) is 4.99 Å². The average Bonchev–Trinajstić information content (AvgIpc) is 3.11. The van der Waals surface area contributed by atoms with Crippen molar-refractivity contribution in [3.8, 4) is 5.75 Å². The summed E-state index contributed by atoms with van der Waals surface area (Å²) in [6.07, 6.45) is 0. The molecule has 0 unspecified atom stereocenters. The highest BCUT2D eigenvalue weighted by atomic mass is 35.5. The SMILES string of the molecule is C[C@H]1CSC(N(C(=O)CN2C(=O)COc3ccccc32)c2ccc(Cl)cc2)=N1. The highest BCUT2D eigenvalue weighted by Gasteiger charge is 2.32. The van der Waals surface area contributed by atoms with Crippen molar-refractivity contribution in [3.05, 3.63) is 53.6 Å². The number of nitrogens with zero attached hydrogens (tertiary/aromatic N) is 3. The molecule has 0 aromatic heterocycles. The molecule has 0 bridgehead atoms. The fraction of sp³-hybridized carbons (Fsp3) is 0.250. The molecule has 2 heterocycles. The Morgan fingerprint density at radius 2 is 2.04 bits per heavy atom. The van der Waals surface area contributed by atoms with Crippen LogP contribution in [0.1, 0.15) is 6.92 Å². The first-order valence-electron chi connectivity index (χ1n) is 8.84. The lowest BCUT2D eigenvalue weighted by atomic mass is 10.2. The van der Waals surface area contributed by atoms with E-state index in [1.165, 1.54) is 16.7 Å². The summed E-state index contributed by atoms with van der Waals surface area (Å²) in [7, 11) is 0. The van der Waals surface area contributed by atoms with Crippen LogP contribution in [0.15, 0.2) is 53.5 Å². The van der Waals surface area contributed by atoms with Gasteiger partial charge in [-0.3, -0.25) is 24.4 Å². The lowest BCUT2D eigenvalue weighted by Gasteiger charge is -2.31. The smallest absolute Gasteiger partial charge is 0.265 e. The minimum atomic E-state index is -0.252. The molecule has 0 fully saturated rings. The number of rotatable bonds is 3. The van der Waals surface area contributed by atoms with Crippen LogP contribution in [0.4, 0.5) is 11.4 Å². The molecule has 0 saturated carbocycles. The van der Waals surface area contributed by atoms with Gasteiger partial charge in [0.25, 0.3) is 11.8 Å². The van der Waals surface area contributed by atoms with Crippen molar-refractivity contribution < 1.29 is 14.3 Å². The molecule has 0 saturated heterocycles. The Morgan fingerprint density at radius 3 is 2.75 bits per heavy atom. The molecule has 0 spiro atoms. The van der Waals surface area contributed by atoms with Gasteiger partial charge in [0.2, 0.25) is 0 Å². The van der Waals surface area contributed by atoms with Crippen LogP contribution < -0.4 is 14.5 Å². The zero-order valence-corrected chi connectivity index (χ0v) is 16.7. The third kappa shape index (κ3) is 3.72. The Bertz CT molecular complexity index is 948. The minimum Gasteiger partial charge on any atom is -0.482 e. The maximum absolute atomic E-state index is 13.3. The lowest BCUT2D eigenvalue weighted by molar-refractivity contribution is -0.124. The van der Waals surface area contributed by atoms with Crippen LogP contribution in [0.5, 0.6) is 5.75 Å². The van der Waals surface area contributed by atoms with Crippen molar-refractivity contribution in [2.24, 2.45) is 4.99 Å². The number of carbonyl (C=O) groups excluding carboxylic acids is 2. The fourth-order valence-electron chi connectivity index (χ4n) is 3.07. The highest BCUT2D eigenvalue weighted by molar-refractivity contribution is 8.14. The van der Waals surface area contributed by atoms with Crippen molar-refractivity contribution >= 4 is 51.7 Å². The summed E-state index contributed by atoms with van der Waals surface area (Å²) >= 11 is 7.53. The van der Waals surface area contributed by atoms with Crippen molar-refractivity contribution in [2.45, 2.75) is 13.0 Å². The van der Waals surface area contributed by atoms with Gasteiger partial charge in [-0.05, 0) is 43.3 Å². The predicted molar refractivity (Wildman–Crippen MR) is 113 cm³/mol. The number of thioether (sulfide) groups is 1. The van der Waals surface area contributed by atoms with E-state index in [9.17, 15) is 9.59 Å². The summed E-state index contributed by atoms with van der Waals surface area (Å²) in [5.74, 6) is 0.908. The van der Waals surface area contributed by atoms with E-state index in [1.54, 1.807) is 41.3 Å². The molecule has 0 N–H and O–H groups in total. The van der Waals surface area contributed by atoms with Gasteiger partial charge in [0.1, 0.15) is 12.3 Å². The van der Waals surface area contributed by atoms with Crippen LogP contribution in [-0.4, -0.2) is 41.9 Å². The number of aliphatic imine (C=N–C) groups is 1. The van der Waals surface area contributed by atoms with Gasteiger partial charge in [0.05, 0.1) is 17.4 Å². The zero-order chi connectivity index (χ0) is 19.7. The molecule has 2 aromatic rings. The third-order valence-corrected chi connectivity index (χ3v) is 5.86. The largest absolute Gasteiger partial charge is 0.482 e. The molecular formula is C20H18ClN3O3S. The molecule has 1 atom stereocenters. The quantitative estimate of drug-likeness (QED) is 0.768. The van der Waals surface area contributed by atoms with Gasteiger partial charge in [-0.2, -0.15) is 0 Å². The van der Waals surface area contributed by atoms with E-state index in [0.29, 0.717) is 27.3 Å². The van der Waals surface area contributed by atoms with E-state index < -0.39 is 0 Å². The molecule has 28 heavy (non-hydrogen) atoms. The van der Waals surface area contributed by atoms with Crippen molar-refractivity contribution in [3.63, 3.8) is 0 Å². The Hall–Kier alpha value is -2.51. The number of halogens is 1. The highest BCUT2D eigenvalue weighted by Crippen LogP contribution is 2.32. The summed E-state index contributed by atoms with van der Waals surface area (Å²) in [4.78, 5) is 33.4. The second-order valence-corrected chi connectivity index (χ2v) is 7.94. The Balaban J connectivity index is 1.66. The van der Waals surface area contributed by atoms with Crippen molar-refractivity contribution in [1.29, 1.82) is 0 Å². The van der Waals surface area contributed by atoms with Gasteiger partial charge >= 0.3 is 0 Å². The predicted octanol–water partition coefficient (Wildman–Crippen LogP) is 3.59. The van der Waals surface area contributed by atoms with Gasteiger partial charge in [0.15, 0.2) is 11.8 Å². The molecule has 2 aliphatic rings. The van der Waals surface area contributed by atoms with Crippen LogP contribution in [0.3, 0.4) is 0 Å². The second kappa shape index (κ2) is 7.85. The summed E-state index contributed by atoms with van der Waals surface area (Å²) in [6.45, 7) is 1.82. The lowest BCUT2D eigenvalue weighted by Crippen LogP contribution is -2.47. The van der Waals surface area contributed by atoms with Crippen LogP contribution in [0.2, 0.25) is 5.02 Å². The standard InChI is InChI=1S/C20H18ClN3O3S/c1-13-12-28-20(22-13)24(15-8-6-14(21)7-9-15)18(25)10-23-16-4-2-3-5-17(16)27-11-19(23)26/h2-9,13H,10-12H2,1H3/t13-/m0/s1. The van der Waals surface area contributed by atoms with E-state index in [0.717, 1.165) is 5.75 Å². The average molecular weight is 416 g/mol. The Kier molecular flexibility index (Phi) is 5.28. The van der Waals surface area contributed by atoms with Crippen molar-refractivity contribution in [1.82, 2.24) is 0 Å². The summed E-state index contributed by atoms with van der Waals surface area (Å²) < 4.78 is 5.46. The molecule has 2 amide bonds. The number of fused-ring (bicyclic) bond motifs is 1. The van der Waals surface area contributed by atoms with Gasteiger partial charge in [-0.1, -0.05) is 35.5 Å². The van der Waals surface area contributed by atoms with Gasteiger partial charge < -0.3 is 4.74 Å². The van der Waals surface area contributed by atoms with Gasteiger partial charge in [-0.25, -0.2) is 0 Å². The summed E-state index contributed by atoms with van der Waals surface area (Å²) in [5.41, 5.74) is 1.27. The summed E-state index contributed by atoms with van der Waals surface area (Å²) in [5, 5.41) is 1.22. The number of ether oxygens (including phenoxy) is 1. The van der Waals surface area contributed by atoms with Crippen LogP contribution in [0.25, 0.3) is 0 Å². The van der Waals surface area contributed by atoms with Gasteiger partial charge in [0, 0.05) is 10.8 Å². The van der Waals surface area contributed by atoms with Gasteiger partial charge in [-0.15, -0.1) is 0 Å². The maximum atomic E-state index is 13.3. The van der Waals surface area contributed by atoms with Crippen LogP contribution in [-0.2, 0) is 9.59 Å². The maximum Gasteiger partial charge on any atom is 0.265 e. The summed E-state index contributed by atoms with van der Waals surface area (Å²) in [6, 6.07) is 14.4. The molecule has 144 valence electrons. The number of benzene rings is 2. The number of anilines is 2. The number of para-hydroxylation sites is 2. The molecule has 4 rings (SSSR count). The van der Waals surface area contributed by atoms with E-state index >= 15 is 0 Å². The Morgan fingerprint density at radius 1 is 1.29 bits per heavy atom. The zero-order valence-electron chi connectivity index (χ0n) is 15.2. The molecule has 2 aliphatic heterocycles. The number of hydrogen-bond donors (Lipinski definition) is 0. The second-order valence-electron chi connectivity index (χ2n) is 6.51. The molecular weight excluding hydrogens is 398 g/mol. The minimum absolute atomic E-state index is 0.0853. The number of hydrogen-bond acceptors (Lipinski definition) is 5. The van der Waals surface area contributed by atoms with Crippen LogP contribution >= 0.6 is 23.4 Å². The van der Waals surface area contributed by atoms with E-state index in [4.69, 9.17) is 16.3 Å². The number of carbonyl (C=O) groups is 2. The third-order valence-electron chi connectivity index (χ3n) is 4.41. The first kappa shape index (κ1) is 18.8. The monoisotopic (exact) mass is 415 g/mol. The molecule has 0 aliphatic carbocycles. The Labute approximate surface area is 172 Å². The topological polar surface area (TPSA) is 62.2 Å². The molecule has 0 radical (unpaired) electrons. The van der Waals surface area contributed by atoms with E-state index in [1.807, 2.05) is 19.1 Å². The van der Waals surface area contributed by atoms with Crippen molar-refractivity contribution in [2.75, 3.05) is 28.7 Å². The van der Waals surface area contributed by atoms with E-state index in [-0.39, 0.29) is 31.0 Å². The number of amidine groups is 1. The molecule has 6 nitrogen and oxygen atoms in total. The normalized spacial score (nSPS) is 18.4. The van der Waals surface area contributed by atoms with Crippen LogP contribution in [0, 0.1) is 0 Å². The molecule has 8 heteroatoms. The number of amides is 2. The molecule has 2 aromatic carbocycles. The first-order valence-corrected chi connectivity index (χ1v) is 10.2. The first-order chi connectivity index (χ1) is 13.5.